The minimum atomic E-state index is -3.46. The Morgan fingerprint density at radius 2 is 1.88 bits per heavy atom. The number of sulfone groups is 1. The lowest BCUT2D eigenvalue weighted by atomic mass is 9.95. The predicted molar refractivity (Wildman–Crippen MR) is 98.7 cm³/mol. The average molecular weight is 372 g/mol. The molecule has 26 heavy (non-hydrogen) atoms. The SMILES string of the molecule is Cc1cccc(S(=O)(=O)C2(C)CCOC(c3cnc(C4CC4)cn3)C2)c1. The van der Waals surface area contributed by atoms with Crippen molar-refractivity contribution < 1.29 is 13.2 Å². The Bertz CT molecular complexity index is 907. The number of hydrogen-bond donors (Lipinski definition) is 0. The minimum absolute atomic E-state index is 0.339. The summed E-state index contributed by atoms with van der Waals surface area (Å²) in [4.78, 5) is 9.40. The second-order valence-corrected chi connectivity index (χ2v) is 10.2. The lowest BCUT2D eigenvalue weighted by Crippen LogP contribution is -2.42. The quantitative estimate of drug-likeness (QED) is 0.818. The molecule has 2 aliphatic rings. The summed E-state index contributed by atoms with van der Waals surface area (Å²) in [7, 11) is -3.46. The largest absolute Gasteiger partial charge is 0.372 e. The Labute approximate surface area is 154 Å². The molecule has 1 aliphatic heterocycles. The fourth-order valence-corrected chi connectivity index (χ4v) is 5.47. The van der Waals surface area contributed by atoms with Crippen LogP contribution in [0.5, 0.6) is 0 Å². The van der Waals surface area contributed by atoms with E-state index in [9.17, 15) is 8.42 Å². The molecule has 2 aromatic rings. The third-order valence-electron chi connectivity index (χ3n) is 5.53. The van der Waals surface area contributed by atoms with Crippen LogP contribution in [0.1, 0.15) is 61.6 Å². The number of nitrogens with zero attached hydrogens (tertiary/aromatic N) is 2. The predicted octanol–water partition coefficient (Wildman–Crippen LogP) is 3.75. The first-order valence-electron chi connectivity index (χ1n) is 9.14. The van der Waals surface area contributed by atoms with Crippen LogP contribution >= 0.6 is 0 Å². The molecule has 2 unspecified atom stereocenters. The summed E-state index contributed by atoms with van der Waals surface area (Å²) in [5.41, 5.74) is 2.69. The molecule has 138 valence electrons. The fourth-order valence-electron chi connectivity index (χ4n) is 3.58. The average Bonchev–Trinajstić information content (AvgIpc) is 3.47. The van der Waals surface area contributed by atoms with Gasteiger partial charge in [-0.25, -0.2) is 8.42 Å². The van der Waals surface area contributed by atoms with Crippen molar-refractivity contribution in [2.75, 3.05) is 6.61 Å². The van der Waals surface area contributed by atoms with Crippen molar-refractivity contribution in [2.45, 2.75) is 61.2 Å². The van der Waals surface area contributed by atoms with E-state index in [4.69, 9.17) is 4.74 Å². The molecule has 0 bridgehead atoms. The van der Waals surface area contributed by atoms with E-state index < -0.39 is 14.6 Å². The Kier molecular flexibility index (Phi) is 4.35. The molecular weight excluding hydrogens is 348 g/mol. The number of rotatable bonds is 4. The van der Waals surface area contributed by atoms with Gasteiger partial charge in [-0.15, -0.1) is 0 Å². The van der Waals surface area contributed by atoms with Crippen LogP contribution < -0.4 is 0 Å². The monoisotopic (exact) mass is 372 g/mol. The molecule has 2 heterocycles. The van der Waals surface area contributed by atoms with E-state index in [2.05, 4.69) is 9.97 Å². The van der Waals surface area contributed by atoms with Crippen molar-refractivity contribution in [3.05, 3.63) is 53.6 Å². The van der Waals surface area contributed by atoms with Crippen molar-refractivity contribution in [3.63, 3.8) is 0 Å². The Balaban J connectivity index is 1.60. The topological polar surface area (TPSA) is 69.2 Å². The highest BCUT2D eigenvalue weighted by atomic mass is 32.2. The molecule has 1 aliphatic carbocycles. The third kappa shape index (κ3) is 3.16. The molecule has 1 aromatic carbocycles. The van der Waals surface area contributed by atoms with Crippen molar-refractivity contribution in [2.24, 2.45) is 0 Å². The second-order valence-electron chi connectivity index (χ2n) is 7.72. The van der Waals surface area contributed by atoms with Crippen LogP contribution in [0.15, 0.2) is 41.6 Å². The number of benzene rings is 1. The van der Waals surface area contributed by atoms with E-state index >= 15 is 0 Å². The summed E-state index contributed by atoms with van der Waals surface area (Å²) in [6.45, 7) is 4.13. The Hall–Kier alpha value is -1.79. The zero-order chi connectivity index (χ0) is 18.4. The second kappa shape index (κ2) is 6.43. The summed E-state index contributed by atoms with van der Waals surface area (Å²) in [5, 5.41) is 0. The van der Waals surface area contributed by atoms with Gasteiger partial charge in [0.2, 0.25) is 0 Å². The smallest absolute Gasteiger partial charge is 0.184 e. The standard InChI is InChI=1S/C20H24N2O3S/c1-14-4-3-5-16(10-14)26(23,24)20(2)8-9-25-19(11-20)18-13-21-17(12-22-18)15-6-7-15/h3-5,10,12-13,15,19H,6-9,11H2,1-2H3. The van der Waals surface area contributed by atoms with Gasteiger partial charge in [-0.1, -0.05) is 12.1 Å². The van der Waals surface area contributed by atoms with E-state index in [0.717, 1.165) is 17.0 Å². The lowest BCUT2D eigenvalue weighted by molar-refractivity contribution is -0.00242. The van der Waals surface area contributed by atoms with Gasteiger partial charge in [-0.2, -0.15) is 0 Å². The normalized spacial score (nSPS) is 26.6. The van der Waals surface area contributed by atoms with Gasteiger partial charge >= 0.3 is 0 Å². The number of ether oxygens (including phenoxy) is 1. The third-order valence-corrected chi connectivity index (χ3v) is 8.08. The van der Waals surface area contributed by atoms with Crippen LogP contribution in [0, 0.1) is 6.92 Å². The molecule has 2 atom stereocenters. The summed E-state index contributed by atoms with van der Waals surface area (Å²) in [6, 6.07) is 7.13. The van der Waals surface area contributed by atoms with Crippen LogP contribution in [0.3, 0.4) is 0 Å². The summed E-state index contributed by atoms with van der Waals surface area (Å²) >= 11 is 0. The highest BCUT2D eigenvalue weighted by molar-refractivity contribution is 7.92. The highest BCUT2D eigenvalue weighted by Gasteiger charge is 2.45. The Morgan fingerprint density at radius 3 is 2.54 bits per heavy atom. The molecule has 0 spiro atoms. The van der Waals surface area contributed by atoms with Crippen molar-refractivity contribution in [1.29, 1.82) is 0 Å². The molecule has 4 rings (SSSR count). The molecule has 0 amide bonds. The molecule has 0 radical (unpaired) electrons. The zero-order valence-electron chi connectivity index (χ0n) is 15.2. The van der Waals surface area contributed by atoms with Crippen LogP contribution in [0.2, 0.25) is 0 Å². The van der Waals surface area contributed by atoms with Gasteiger partial charge in [0, 0.05) is 18.7 Å². The minimum Gasteiger partial charge on any atom is -0.372 e. The first kappa shape index (κ1) is 17.6. The zero-order valence-corrected chi connectivity index (χ0v) is 16.0. The number of hydrogen-bond acceptors (Lipinski definition) is 5. The highest BCUT2D eigenvalue weighted by Crippen LogP contribution is 2.42. The van der Waals surface area contributed by atoms with E-state index in [-0.39, 0.29) is 6.10 Å². The number of aromatic nitrogens is 2. The maximum absolute atomic E-state index is 13.3. The van der Waals surface area contributed by atoms with E-state index in [0.29, 0.717) is 30.3 Å². The van der Waals surface area contributed by atoms with Gasteiger partial charge in [0.1, 0.15) is 6.10 Å². The van der Waals surface area contributed by atoms with Crippen molar-refractivity contribution >= 4 is 9.84 Å². The van der Waals surface area contributed by atoms with Gasteiger partial charge in [0.15, 0.2) is 9.84 Å². The molecule has 1 aromatic heterocycles. The summed E-state index contributed by atoms with van der Waals surface area (Å²) in [5.74, 6) is 0.552. The van der Waals surface area contributed by atoms with Crippen LogP contribution in [0.25, 0.3) is 0 Å². The van der Waals surface area contributed by atoms with E-state index in [1.807, 2.05) is 26.1 Å². The van der Waals surface area contributed by atoms with Gasteiger partial charge < -0.3 is 4.74 Å². The maximum Gasteiger partial charge on any atom is 0.184 e. The van der Waals surface area contributed by atoms with Gasteiger partial charge in [-0.05, 0) is 57.2 Å². The van der Waals surface area contributed by atoms with Crippen LogP contribution in [-0.4, -0.2) is 29.7 Å². The van der Waals surface area contributed by atoms with Gasteiger partial charge in [0.05, 0.1) is 27.2 Å². The molecule has 2 fully saturated rings. The van der Waals surface area contributed by atoms with Crippen LogP contribution in [-0.2, 0) is 14.6 Å². The van der Waals surface area contributed by atoms with Crippen molar-refractivity contribution in [3.8, 4) is 0 Å². The molecule has 5 nitrogen and oxygen atoms in total. The molecular formula is C20H24N2O3S. The first-order chi connectivity index (χ1) is 12.4. The fraction of sp³-hybridized carbons (Fsp3) is 0.500. The van der Waals surface area contributed by atoms with Crippen LogP contribution in [0.4, 0.5) is 0 Å². The maximum atomic E-state index is 13.3. The Morgan fingerprint density at radius 1 is 1.15 bits per heavy atom. The van der Waals surface area contributed by atoms with Crippen molar-refractivity contribution in [1.82, 2.24) is 9.97 Å². The summed E-state index contributed by atoms with van der Waals surface area (Å²) in [6.07, 6.45) is 6.46. The number of aryl methyl sites for hydroxylation is 1. The van der Waals surface area contributed by atoms with E-state index in [1.165, 1.54) is 12.8 Å². The molecule has 1 saturated heterocycles. The first-order valence-corrected chi connectivity index (χ1v) is 10.6. The molecule has 6 heteroatoms. The van der Waals surface area contributed by atoms with Gasteiger partial charge in [-0.3, -0.25) is 9.97 Å². The summed E-state index contributed by atoms with van der Waals surface area (Å²) < 4.78 is 31.6. The molecule has 0 N–H and O–H groups in total. The van der Waals surface area contributed by atoms with Gasteiger partial charge in [0.25, 0.3) is 0 Å². The molecule has 1 saturated carbocycles. The lowest BCUT2D eigenvalue weighted by Gasteiger charge is -2.37. The van der Waals surface area contributed by atoms with E-state index in [1.54, 1.807) is 24.4 Å².